The number of anilines is 2. The SMILES string of the molecule is COc1ccc(N(CC(=O)Nc2c(C)cc(C)cc2Cl)S(C)(=O)=O)cc1. The molecule has 8 heteroatoms. The predicted molar refractivity (Wildman–Crippen MR) is 105 cm³/mol. The third kappa shape index (κ3) is 4.89. The Bertz CT molecular complexity index is 888. The molecule has 0 radical (unpaired) electrons. The van der Waals surface area contributed by atoms with Gasteiger partial charge < -0.3 is 10.1 Å². The lowest BCUT2D eigenvalue weighted by atomic mass is 10.1. The molecule has 0 atom stereocenters. The van der Waals surface area contributed by atoms with Gasteiger partial charge in [-0.05, 0) is 55.3 Å². The van der Waals surface area contributed by atoms with Crippen LogP contribution in [0, 0.1) is 13.8 Å². The Labute approximate surface area is 158 Å². The Balaban J connectivity index is 2.25. The van der Waals surface area contributed by atoms with Crippen molar-refractivity contribution in [3.63, 3.8) is 0 Å². The number of benzene rings is 2. The van der Waals surface area contributed by atoms with Crippen LogP contribution in [0.4, 0.5) is 11.4 Å². The quantitative estimate of drug-likeness (QED) is 0.812. The van der Waals surface area contributed by atoms with E-state index in [2.05, 4.69) is 5.32 Å². The molecular formula is C18H21ClN2O4S. The topological polar surface area (TPSA) is 75.7 Å². The Morgan fingerprint density at radius 3 is 2.31 bits per heavy atom. The number of hydrogen-bond acceptors (Lipinski definition) is 4. The van der Waals surface area contributed by atoms with Crippen molar-refractivity contribution >= 4 is 38.9 Å². The fraction of sp³-hybridized carbons (Fsp3) is 0.278. The van der Waals surface area contributed by atoms with Crippen molar-refractivity contribution in [2.45, 2.75) is 13.8 Å². The zero-order chi connectivity index (χ0) is 19.5. The highest BCUT2D eigenvalue weighted by molar-refractivity contribution is 7.92. The standard InChI is InChI=1S/C18H21ClN2O4S/c1-12-9-13(2)18(16(19)10-12)20-17(22)11-21(26(4,23)24)14-5-7-15(25-3)8-6-14/h5-10H,11H2,1-4H3,(H,20,22). The second-order valence-corrected chi connectivity index (χ2v) is 8.27. The molecule has 0 saturated carbocycles. The largest absolute Gasteiger partial charge is 0.497 e. The summed E-state index contributed by atoms with van der Waals surface area (Å²) in [7, 11) is -2.13. The van der Waals surface area contributed by atoms with E-state index in [1.54, 1.807) is 30.3 Å². The lowest BCUT2D eigenvalue weighted by molar-refractivity contribution is -0.114. The molecule has 140 valence electrons. The molecule has 1 amide bonds. The van der Waals surface area contributed by atoms with Crippen molar-refractivity contribution in [3.8, 4) is 5.75 Å². The molecule has 2 aromatic rings. The summed E-state index contributed by atoms with van der Waals surface area (Å²) in [4.78, 5) is 12.5. The summed E-state index contributed by atoms with van der Waals surface area (Å²) in [6.07, 6.45) is 1.05. The average Bonchev–Trinajstić information content (AvgIpc) is 2.55. The smallest absolute Gasteiger partial charge is 0.245 e. The molecule has 0 unspecified atom stereocenters. The Morgan fingerprint density at radius 1 is 1.19 bits per heavy atom. The van der Waals surface area contributed by atoms with E-state index in [1.807, 2.05) is 19.9 Å². The number of methoxy groups -OCH3 is 1. The molecule has 0 aliphatic heterocycles. The van der Waals surface area contributed by atoms with Gasteiger partial charge in [0.05, 0.1) is 29.8 Å². The van der Waals surface area contributed by atoms with Gasteiger partial charge in [0.2, 0.25) is 15.9 Å². The van der Waals surface area contributed by atoms with E-state index < -0.39 is 15.9 Å². The molecule has 2 aromatic carbocycles. The number of ether oxygens (including phenoxy) is 1. The fourth-order valence-corrected chi connectivity index (χ4v) is 3.76. The van der Waals surface area contributed by atoms with Gasteiger partial charge in [-0.25, -0.2) is 8.42 Å². The van der Waals surface area contributed by atoms with E-state index in [-0.39, 0.29) is 6.54 Å². The van der Waals surface area contributed by atoms with Crippen molar-refractivity contribution in [2.75, 3.05) is 29.5 Å². The maximum absolute atomic E-state index is 12.5. The first-order valence-electron chi connectivity index (χ1n) is 7.80. The summed E-state index contributed by atoms with van der Waals surface area (Å²) >= 11 is 6.20. The molecule has 6 nitrogen and oxygen atoms in total. The summed E-state index contributed by atoms with van der Waals surface area (Å²) in [5.41, 5.74) is 2.63. The number of carbonyl (C=O) groups is 1. The molecule has 2 rings (SSSR count). The molecule has 0 fully saturated rings. The van der Waals surface area contributed by atoms with Gasteiger partial charge in [0.15, 0.2) is 0 Å². The lowest BCUT2D eigenvalue weighted by Crippen LogP contribution is -2.37. The molecular weight excluding hydrogens is 376 g/mol. The van der Waals surface area contributed by atoms with Crippen molar-refractivity contribution in [2.24, 2.45) is 0 Å². The molecule has 0 aliphatic rings. The minimum absolute atomic E-state index is 0.366. The highest BCUT2D eigenvalue weighted by Crippen LogP contribution is 2.28. The third-order valence-electron chi connectivity index (χ3n) is 3.74. The number of amides is 1. The number of hydrogen-bond donors (Lipinski definition) is 1. The van der Waals surface area contributed by atoms with E-state index in [0.717, 1.165) is 21.7 Å². The van der Waals surface area contributed by atoms with Gasteiger partial charge in [0.25, 0.3) is 0 Å². The molecule has 26 heavy (non-hydrogen) atoms. The van der Waals surface area contributed by atoms with Crippen LogP contribution in [-0.2, 0) is 14.8 Å². The summed E-state index contributed by atoms with van der Waals surface area (Å²) in [6.45, 7) is 3.36. The Hall–Kier alpha value is -2.25. The van der Waals surface area contributed by atoms with Gasteiger partial charge >= 0.3 is 0 Å². The monoisotopic (exact) mass is 396 g/mol. The normalized spacial score (nSPS) is 11.1. The van der Waals surface area contributed by atoms with E-state index in [1.165, 1.54) is 7.11 Å². The molecule has 0 aliphatic carbocycles. The van der Waals surface area contributed by atoms with Gasteiger partial charge in [0.1, 0.15) is 12.3 Å². The number of aryl methyl sites for hydroxylation is 2. The van der Waals surface area contributed by atoms with Crippen LogP contribution in [0.15, 0.2) is 36.4 Å². The fourth-order valence-electron chi connectivity index (χ4n) is 2.53. The van der Waals surface area contributed by atoms with Crippen molar-refractivity contribution < 1.29 is 17.9 Å². The van der Waals surface area contributed by atoms with Crippen LogP contribution in [0.3, 0.4) is 0 Å². The summed E-state index contributed by atoms with van der Waals surface area (Å²) in [6, 6.07) is 10.1. The second-order valence-electron chi connectivity index (χ2n) is 5.95. The molecule has 0 heterocycles. The first-order valence-corrected chi connectivity index (χ1v) is 10.0. The van der Waals surface area contributed by atoms with Crippen LogP contribution >= 0.6 is 11.6 Å². The zero-order valence-electron chi connectivity index (χ0n) is 15.0. The van der Waals surface area contributed by atoms with E-state index in [0.29, 0.717) is 22.1 Å². The number of nitrogens with zero attached hydrogens (tertiary/aromatic N) is 1. The summed E-state index contributed by atoms with van der Waals surface area (Å²) in [5.74, 6) is 0.105. The molecule has 0 saturated heterocycles. The van der Waals surface area contributed by atoms with Gasteiger partial charge in [-0.15, -0.1) is 0 Å². The third-order valence-corrected chi connectivity index (χ3v) is 5.18. The number of rotatable bonds is 6. The van der Waals surface area contributed by atoms with Crippen molar-refractivity contribution in [1.82, 2.24) is 0 Å². The number of carbonyl (C=O) groups excluding carboxylic acids is 1. The lowest BCUT2D eigenvalue weighted by Gasteiger charge is -2.22. The molecule has 0 aromatic heterocycles. The van der Waals surface area contributed by atoms with Crippen LogP contribution in [0.2, 0.25) is 5.02 Å². The van der Waals surface area contributed by atoms with Crippen LogP contribution < -0.4 is 14.4 Å². The Kier molecular flexibility index (Phi) is 6.15. The molecule has 0 bridgehead atoms. The minimum atomic E-state index is -3.65. The van der Waals surface area contributed by atoms with Crippen molar-refractivity contribution in [1.29, 1.82) is 0 Å². The zero-order valence-corrected chi connectivity index (χ0v) is 16.6. The highest BCUT2D eigenvalue weighted by atomic mass is 35.5. The van der Waals surface area contributed by atoms with Gasteiger partial charge in [-0.1, -0.05) is 17.7 Å². The van der Waals surface area contributed by atoms with Crippen LogP contribution in [0.5, 0.6) is 5.75 Å². The highest BCUT2D eigenvalue weighted by Gasteiger charge is 2.21. The first-order chi connectivity index (χ1) is 12.1. The number of halogens is 1. The van der Waals surface area contributed by atoms with Crippen LogP contribution in [-0.4, -0.2) is 34.2 Å². The predicted octanol–water partition coefficient (Wildman–Crippen LogP) is 3.37. The van der Waals surface area contributed by atoms with Gasteiger partial charge in [0, 0.05) is 0 Å². The maximum Gasteiger partial charge on any atom is 0.245 e. The number of sulfonamides is 1. The van der Waals surface area contributed by atoms with Crippen molar-refractivity contribution in [3.05, 3.63) is 52.5 Å². The van der Waals surface area contributed by atoms with E-state index in [4.69, 9.17) is 16.3 Å². The van der Waals surface area contributed by atoms with Gasteiger partial charge in [-0.3, -0.25) is 9.10 Å². The summed E-state index contributed by atoms with van der Waals surface area (Å²) < 4.78 is 30.4. The minimum Gasteiger partial charge on any atom is -0.497 e. The molecule has 1 N–H and O–H groups in total. The van der Waals surface area contributed by atoms with E-state index >= 15 is 0 Å². The molecule has 0 spiro atoms. The van der Waals surface area contributed by atoms with Gasteiger partial charge in [-0.2, -0.15) is 0 Å². The first kappa shape index (κ1) is 20.1. The Morgan fingerprint density at radius 2 is 1.81 bits per heavy atom. The van der Waals surface area contributed by atoms with Crippen LogP contribution in [0.1, 0.15) is 11.1 Å². The summed E-state index contributed by atoms with van der Waals surface area (Å²) in [5, 5.41) is 3.11. The number of nitrogens with one attached hydrogen (secondary N) is 1. The maximum atomic E-state index is 12.5. The van der Waals surface area contributed by atoms with Crippen LogP contribution in [0.25, 0.3) is 0 Å². The second kappa shape index (κ2) is 7.97. The average molecular weight is 397 g/mol. The van der Waals surface area contributed by atoms with E-state index in [9.17, 15) is 13.2 Å².